The van der Waals surface area contributed by atoms with E-state index >= 15 is 0 Å². The minimum absolute atomic E-state index is 0.617. The molecule has 0 heterocycles. The van der Waals surface area contributed by atoms with Crippen molar-refractivity contribution in [3.05, 3.63) is 34.9 Å². The van der Waals surface area contributed by atoms with Crippen molar-refractivity contribution in [2.45, 2.75) is 46.1 Å². The van der Waals surface area contributed by atoms with Crippen LogP contribution in [0.2, 0.25) is 0 Å². The van der Waals surface area contributed by atoms with Gasteiger partial charge >= 0.3 is 0 Å². The van der Waals surface area contributed by atoms with E-state index < -0.39 is 0 Å². The molecule has 0 spiro atoms. The second-order valence-corrected chi connectivity index (χ2v) is 5.13. The molecular formula is C15H25N. The first-order valence-corrected chi connectivity index (χ1v) is 6.31. The fourth-order valence-electron chi connectivity index (χ4n) is 2.21. The fraction of sp³-hybridized carbons (Fsp3) is 0.600. The second-order valence-electron chi connectivity index (χ2n) is 5.13. The van der Waals surface area contributed by atoms with Crippen LogP contribution in [0.1, 0.15) is 49.8 Å². The van der Waals surface area contributed by atoms with E-state index in [-0.39, 0.29) is 0 Å². The zero-order valence-corrected chi connectivity index (χ0v) is 11.4. The highest BCUT2D eigenvalue weighted by Crippen LogP contribution is 2.24. The minimum Gasteiger partial charge on any atom is -0.305 e. The van der Waals surface area contributed by atoms with Gasteiger partial charge in [0.1, 0.15) is 0 Å². The topological polar surface area (TPSA) is 3.24 Å². The van der Waals surface area contributed by atoms with Crippen LogP contribution in [0.5, 0.6) is 0 Å². The van der Waals surface area contributed by atoms with E-state index in [4.69, 9.17) is 0 Å². The van der Waals surface area contributed by atoms with Gasteiger partial charge in [-0.15, -0.1) is 0 Å². The molecule has 0 amide bonds. The number of hydrogen-bond donors (Lipinski definition) is 0. The Hall–Kier alpha value is -0.820. The Morgan fingerprint density at radius 2 is 1.88 bits per heavy atom. The van der Waals surface area contributed by atoms with Crippen molar-refractivity contribution in [2.24, 2.45) is 0 Å². The zero-order valence-electron chi connectivity index (χ0n) is 11.4. The van der Waals surface area contributed by atoms with Crippen LogP contribution in [0, 0.1) is 0 Å². The Morgan fingerprint density at radius 1 is 1.19 bits per heavy atom. The van der Waals surface area contributed by atoms with E-state index in [1.54, 1.807) is 5.56 Å². The first-order valence-electron chi connectivity index (χ1n) is 6.31. The third-order valence-electron chi connectivity index (χ3n) is 2.92. The molecule has 0 unspecified atom stereocenters. The van der Waals surface area contributed by atoms with Crippen LogP contribution in [0.4, 0.5) is 0 Å². The average Bonchev–Trinajstić information content (AvgIpc) is 2.19. The highest BCUT2D eigenvalue weighted by Gasteiger charge is 2.11. The lowest BCUT2D eigenvalue weighted by Gasteiger charge is -2.20. The number of nitrogens with zero attached hydrogens (tertiary/aromatic N) is 1. The molecule has 1 aromatic rings. The van der Waals surface area contributed by atoms with Crippen molar-refractivity contribution in [3.63, 3.8) is 0 Å². The summed E-state index contributed by atoms with van der Waals surface area (Å²) in [6.07, 6.45) is 2.42. The van der Waals surface area contributed by atoms with Gasteiger partial charge in [-0.3, -0.25) is 0 Å². The van der Waals surface area contributed by atoms with Gasteiger partial charge in [0, 0.05) is 6.54 Å². The van der Waals surface area contributed by atoms with Crippen LogP contribution >= 0.6 is 0 Å². The van der Waals surface area contributed by atoms with Gasteiger partial charge in [0.15, 0.2) is 0 Å². The molecule has 0 aliphatic carbocycles. The van der Waals surface area contributed by atoms with E-state index in [1.165, 1.54) is 24.0 Å². The molecule has 0 saturated carbocycles. The van der Waals surface area contributed by atoms with Crippen LogP contribution in [0.15, 0.2) is 18.2 Å². The number of rotatable bonds is 5. The molecular weight excluding hydrogens is 194 g/mol. The Labute approximate surface area is 100 Å². The van der Waals surface area contributed by atoms with Gasteiger partial charge in [0.05, 0.1) is 0 Å². The van der Waals surface area contributed by atoms with Crippen molar-refractivity contribution >= 4 is 0 Å². The molecule has 0 bridgehead atoms. The van der Waals surface area contributed by atoms with Crippen molar-refractivity contribution < 1.29 is 0 Å². The van der Waals surface area contributed by atoms with E-state index in [0.717, 1.165) is 6.54 Å². The quantitative estimate of drug-likeness (QED) is 0.727. The van der Waals surface area contributed by atoms with Crippen molar-refractivity contribution in [1.82, 2.24) is 4.90 Å². The Balaban J connectivity index is 3.12. The highest BCUT2D eigenvalue weighted by atomic mass is 15.0. The molecule has 0 radical (unpaired) electrons. The molecule has 0 aromatic heterocycles. The average molecular weight is 219 g/mol. The molecule has 0 aliphatic rings. The van der Waals surface area contributed by atoms with Gasteiger partial charge in [-0.05, 0) is 43.1 Å². The number of aryl methyl sites for hydroxylation is 1. The molecule has 1 aromatic carbocycles. The Morgan fingerprint density at radius 3 is 2.38 bits per heavy atom. The van der Waals surface area contributed by atoms with Gasteiger partial charge in [0.2, 0.25) is 0 Å². The maximum atomic E-state index is 2.29. The van der Waals surface area contributed by atoms with Crippen molar-refractivity contribution in [1.29, 1.82) is 0 Å². The third kappa shape index (κ3) is 3.34. The lowest BCUT2D eigenvalue weighted by atomic mass is 9.91. The summed E-state index contributed by atoms with van der Waals surface area (Å²) in [5, 5.41) is 0. The molecule has 90 valence electrons. The molecule has 1 nitrogen and oxygen atoms in total. The Bertz CT molecular complexity index is 326. The summed E-state index contributed by atoms with van der Waals surface area (Å²) in [6, 6.07) is 6.77. The summed E-state index contributed by atoms with van der Waals surface area (Å²) in [5.41, 5.74) is 4.59. The maximum absolute atomic E-state index is 2.29. The van der Waals surface area contributed by atoms with Gasteiger partial charge in [-0.25, -0.2) is 0 Å². The predicted octanol–water partition coefficient (Wildman–Crippen LogP) is 3.82. The molecule has 0 fully saturated rings. The van der Waals surface area contributed by atoms with Gasteiger partial charge in [-0.1, -0.05) is 45.4 Å². The Kier molecular flexibility index (Phi) is 5.01. The molecule has 0 N–H and O–H groups in total. The number of benzene rings is 1. The summed E-state index contributed by atoms with van der Waals surface area (Å²) in [4.78, 5) is 2.26. The molecule has 0 saturated heterocycles. The van der Waals surface area contributed by atoms with Crippen LogP contribution in [0.25, 0.3) is 0 Å². The summed E-state index contributed by atoms with van der Waals surface area (Å²) in [7, 11) is 4.29. The summed E-state index contributed by atoms with van der Waals surface area (Å²) in [5.74, 6) is 0.617. The minimum atomic E-state index is 0.617. The first kappa shape index (κ1) is 13.2. The van der Waals surface area contributed by atoms with E-state index in [9.17, 15) is 0 Å². The summed E-state index contributed by atoms with van der Waals surface area (Å²) >= 11 is 0. The SMILES string of the molecule is CCCc1cccc(C(C)C)c1CN(C)C. The number of hydrogen-bond acceptors (Lipinski definition) is 1. The van der Waals surface area contributed by atoms with Crippen LogP contribution in [-0.2, 0) is 13.0 Å². The molecule has 16 heavy (non-hydrogen) atoms. The van der Waals surface area contributed by atoms with Crippen LogP contribution < -0.4 is 0 Å². The first-order chi connectivity index (χ1) is 7.56. The standard InChI is InChI=1S/C15H25N/c1-6-8-13-9-7-10-14(12(2)3)15(13)11-16(4)5/h7,9-10,12H,6,8,11H2,1-5H3. The second kappa shape index (κ2) is 6.05. The summed E-state index contributed by atoms with van der Waals surface area (Å²) in [6.45, 7) is 7.87. The van der Waals surface area contributed by atoms with Gasteiger partial charge < -0.3 is 4.90 Å². The maximum Gasteiger partial charge on any atom is 0.0233 e. The summed E-state index contributed by atoms with van der Waals surface area (Å²) < 4.78 is 0. The predicted molar refractivity (Wildman–Crippen MR) is 71.9 cm³/mol. The smallest absolute Gasteiger partial charge is 0.0233 e. The molecule has 0 aliphatic heterocycles. The van der Waals surface area contributed by atoms with E-state index in [2.05, 4.69) is 58.0 Å². The van der Waals surface area contributed by atoms with Crippen LogP contribution in [0.3, 0.4) is 0 Å². The lowest BCUT2D eigenvalue weighted by molar-refractivity contribution is 0.398. The van der Waals surface area contributed by atoms with E-state index in [1.807, 2.05) is 0 Å². The fourth-order valence-corrected chi connectivity index (χ4v) is 2.21. The van der Waals surface area contributed by atoms with Crippen molar-refractivity contribution in [3.8, 4) is 0 Å². The van der Waals surface area contributed by atoms with Gasteiger partial charge in [-0.2, -0.15) is 0 Å². The van der Waals surface area contributed by atoms with E-state index in [0.29, 0.717) is 5.92 Å². The molecule has 1 heteroatoms. The van der Waals surface area contributed by atoms with Crippen LogP contribution in [-0.4, -0.2) is 19.0 Å². The normalized spacial score (nSPS) is 11.4. The van der Waals surface area contributed by atoms with Gasteiger partial charge in [0.25, 0.3) is 0 Å². The zero-order chi connectivity index (χ0) is 12.1. The third-order valence-corrected chi connectivity index (χ3v) is 2.92. The molecule has 0 atom stereocenters. The lowest BCUT2D eigenvalue weighted by Crippen LogP contribution is -2.15. The monoisotopic (exact) mass is 219 g/mol. The largest absolute Gasteiger partial charge is 0.305 e. The highest BCUT2D eigenvalue weighted by molar-refractivity contribution is 5.37. The van der Waals surface area contributed by atoms with Crippen molar-refractivity contribution in [2.75, 3.05) is 14.1 Å². The molecule has 1 rings (SSSR count).